The first-order valence-electron chi connectivity index (χ1n) is 8.37. The van der Waals surface area contributed by atoms with Crippen molar-refractivity contribution in [3.63, 3.8) is 0 Å². The van der Waals surface area contributed by atoms with Crippen LogP contribution in [-0.2, 0) is 13.0 Å². The number of fused-ring (bicyclic) bond motifs is 4. The van der Waals surface area contributed by atoms with Crippen LogP contribution in [-0.4, -0.2) is 20.9 Å². The standard InChI is InChI=1S/C19H23N3/c1-13(2)19-20-11-16-17(21-19)10-15-8-9-18(16)22(15)12-14-6-4-3-5-7-14/h3-7,11,13,15,18H,8-10,12H2,1-2H3/t15-,18-/m1/s1. The van der Waals surface area contributed by atoms with Gasteiger partial charge in [-0.15, -0.1) is 0 Å². The Morgan fingerprint density at radius 2 is 2.00 bits per heavy atom. The zero-order chi connectivity index (χ0) is 15.1. The van der Waals surface area contributed by atoms with Crippen molar-refractivity contribution in [3.05, 3.63) is 59.2 Å². The van der Waals surface area contributed by atoms with Crippen LogP contribution >= 0.6 is 0 Å². The molecule has 2 aliphatic heterocycles. The lowest BCUT2D eigenvalue weighted by Gasteiger charge is -2.35. The molecule has 1 aromatic carbocycles. The minimum Gasteiger partial charge on any atom is -0.289 e. The second kappa shape index (κ2) is 5.47. The molecule has 4 rings (SSSR count). The molecule has 114 valence electrons. The van der Waals surface area contributed by atoms with Crippen LogP contribution in [0.3, 0.4) is 0 Å². The van der Waals surface area contributed by atoms with Gasteiger partial charge >= 0.3 is 0 Å². The van der Waals surface area contributed by atoms with Gasteiger partial charge in [0.1, 0.15) is 5.82 Å². The Bertz CT molecular complexity index is 666. The zero-order valence-corrected chi connectivity index (χ0v) is 13.4. The number of rotatable bonds is 3. The molecule has 2 aromatic rings. The minimum atomic E-state index is 0.408. The Morgan fingerprint density at radius 3 is 2.77 bits per heavy atom. The van der Waals surface area contributed by atoms with Crippen molar-refractivity contribution in [2.45, 2.75) is 57.7 Å². The molecule has 2 atom stereocenters. The van der Waals surface area contributed by atoms with Crippen LogP contribution in [0.25, 0.3) is 0 Å². The van der Waals surface area contributed by atoms with Crippen LogP contribution in [0.1, 0.15) is 61.3 Å². The van der Waals surface area contributed by atoms with Gasteiger partial charge in [-0.3, -0.25) is 4.90 Å². The summed E-state index contributed by atoms with van der Waals surface area (Å²) in [5, 5.41) is 0. The first kappa shape index (κ1) is 13.9. The monoisotopic (exact) mass is 293 g/mol. The lowest BCUT2D eigenvalue weighted by molar-refractivity contribution is 0.166. The smallest absolute Gasteiger partial charge is 0.131 e. The van der Waals surface area contributed by atoms with Crippen LogP contribution in [0.15, 0.2) is 36.5 Å². The maximum Gasteiger partial charge on any atom is 0.131 e. The Balaban J connectivity index is 1.63. The summed E-state index contributed by atoms with van der Waals surface area (Å²) in [5.41, 5.74) is 4.08. The summed E-state index contributed by atoms with van der Waals surface area (Å²) < 4.78 is 0. The fourth-order valence-electron chi connectivity index (χ4n) is 3.91. The second-order valence-electron chi connectivity index (χ2n) is 6.89. The highest BCUT2D eigenvalue weighted by Crippen LogP contribution is 2.43. The molecule has 2 aliphatic rings. The first-order chi connectivity index (χ1) is 10.7. The molecule has 0 N–H and O–H groups in total. The molecule has 0 amide bonds. The first-order valence-corrected chi connectivity index (χ1v) is 8.37. The van der Waals surface area contributed by atoms with E-state index in [0.717, 1.165) is 18.8 Å². The summed E-state index contributed by atoms with van der Waals surface area (Å²) in [7, 11) is 0. The average Bonchev–Trinajstić information content (AvgIpc) is 2.80. The number of aromatic nitrogens is 2. The number of benzene rings is 1. The molecule has 2 bridgehead atoms. The molecule has 0 unspecified atom stereocenters. The molecular weight excluding hydrogens is 270 g/mol. The van der Waals surface area contributed by atoms with Gasteiger partial charge < -0.3 is 0 Å². The third-order valence-corrected chi connectivity index (χ3v) is 5.07. The molecule has 1 saturated heterocycles. The van der Waals surface area contributed by atoms with Gasteiger partial charge in [-0.2, -0.15) is 0 Å². The molecule has 0 spiro atoms. The summed E-state index contributed by atoms with van der Waals surface area (Å²) in [6, 6.07) is 12.0. The van der Waals surface area contributed by atoms with Gasteiger partial charge in [0.15, 0.2) is 0 Å². The maximum atomic E-state index is 4.86. The Labute approximate surface area is 132 Å². The average molecular weight is 293 g/mol. The molecule has 3 nitrogen and oxygen atoms in total. The van der Waals surface area contributed by atoms with E-state index < -0.39 is 0 Å². The fourth-order valence-corrected chi connectivity index (χ4v) is 3.91. The SMILES string of the molecule is CC(C)c1ncc2c(n1)C[C@H]1CC[C@H]2N1Cc1ccccc1. The third-order valence-electron chi connectivity index (χ3n) is 5.07. The van der Waals surface area contributed by atoms with Crippen LogP contribution in [0.4, 0.5) is 0 Å². The van der Waals surface area contributed by atoms with E-state index in [1.807, 2.05) is 0 Å². The van der Waals surface area contributed by atoms with Crippen molar-refractivity contribution in [3.8, 4) is 0 Å². The molecule has 3 heterocycles. The summed E-state index contributed by atoms with van der Waals surface area (Å²) in [5.74, 6) is 1.40. The highest BCUT2D eigenvalue weighted by Gasteiger charge is 2.40. The predicted molar refractivity (Wildman–Crippen MR) is 87.6 cm³/mol. The summed E-state index contributed by atoms with van der Waals surface area (Å²) >= 11 is 0. The van der Waals surface area contributed by atoms with Gasteiger partial charge in [0.25, 0.3) is 0 Å². The zero-order valence-electron chi connectivity index (χ0n) is 13.4. The van der Waals surface area contributed by atoms with Crippen molar-refractivity contribution in [1.29, 1.82) is 0 Å². The summed E-state index contributed by atoms with van der Waals surface area (Å²) in [6.45, 7) is 5.38. The number of hydrogen-bond acceptors (Lipinski definition) is 3. The van der Waals surface area contributed by atoms with Gasteiger partial charge in [0, 0.05) is 42.7 Å². The summed E-state index contributed by atoms with van der Waals surface area (Å²) in [4.78, 5) is 12.1. The van der Waals surface area contributed by atoms with E-state index >= 15 is 0 Å². The van der Waals surface area contributed by atoms with E-state index in [2.05, 4.69) is 60.3 Å². The largest absolute Gasteiger partial charge is 0.289 e. The van der Waals surface area contributed by atoms with Crippen LogP contribution in [0.2, 0.25) is 0 Å². The molecule has 0 aliphatic carbocycles. The second-order valence-corrected chi connectivity index (χ2v) is 6.89. The van der Waals surface area contributed by atoms with E-state index in [9.17, 15) is 0 Å². The van der Waals surface area contributed by atoms with E-state index in [1.54, 1.807) is 0 Å². The predicted octanol–water partition coefficient (Wildman–Crippen LogP) is 3.86. The van der Waals surface area contributed by atoms with Crippen LogP contribution < -0.4 is 0 Å². The number of hydrogen-bond donors (Lipinski definition) is 0. The molecule has 0 saturated carbocycles. The molecule has 0 radical (unpaired) electrons. The Kier molecular flexibility index (Phi) is 3.45. The van der Waals surface area contributed by atoms with Crippen molar-refractivity contribution in [2.75, 3.05) is 0 Å². The van der Waals surface area contributed by atoms with Gasteiger partial charge in [-0.05, 0) is 18.4 Å². The van der Waals surface area contributed by atoms with Gasteiger partial charge in [0.05, 0.1) is 5.69 Å². The molecule has 3 heteroatoms. The molecule has 22 heavy (non-hydrogen) atoms. The lowest BCUT2D eigenvalue weighted by Crippen LogP contribution is -2.37. The Morgan fingerprint density at radius 1 is 1.18 bits per heavy atom. The van der Waals surface area contributed by atoms with Gasteiger partial charge in [-0.25, -0.2) is 9.97 Å². The summed E-state index contributed by atoms with van der Waals surface area (Å²) in [6.07, 6.45) is 5.71. The fraction of sp³-hybridized carbons (Fsp3) is 0.474. The van der Waals surface area contributed by atoms with Crippen molar-refractivity contribution in [1.82, 2.24) is 14.9 Å². The normalized spacial score (nSPS) is 23.8. The molecule has 1 fully saturated rings. The van der Waals surface area contributed by atoms with Crippen molar-refractivity contribution < 1.29 is 0 Å². The van der Waals surface area contributed by atoms with Crippen LogP contribution in [0.5, 0.6) is 0 Å². The highest BCUT2D eigenvalue weighted by atomic mass is 15.2. The van der Waals surface area contributed by atoms with E-state index in [-0.39, 0.29) is 0 Å². The van der Waals surface area contributed by atoms with Gasteiger partial charge in [0.2, 0.25) is 0 Å². The molecular formula is C19H23N3. The van der Waals surface area contributed by atoms with Crippen molar-refractivity contribution >= 4 is 0 Å². The molecule has 1 aromatic heterocycles. The topological polar surface area (TPSA) is 29.0 Å². The van der Waals surface area contributed by atoms with Crippen LogP contribution in [0, 0.1) is 0 Å². The lowest BCUT2D eigenvalue weighted by atomic mass is 9.98. The quantitative estimate of drug-likeness (QED) is 0.860. The maximum absolute atomic E-state index is 4.86. The van der Waals surface area contributed by atoms with E-state index in [1.165, 1.54) is 29.7 Å². The van der Waals surface area contributed by atoms with E-state index in [4.69, 9.17) is 4.98 Å². The third kappa shape index (κ3) is 2.34. The van der Waals surface area contributed by atoms with Crippen molar-refractivity contribution in [2.24, 2.45) is 0 Å². The highest BCUT2D eigenvalue weighted by molar-refractivity contribution is 5.30. The Hall–Kier alpha value is -1.74. The van der Waals surface area contributed by atoms with E-state index in [0.29, 0.717) is 18.0 Å². The van der Waals surface area contributed by atoms with Gasteiger partial charge in [-0.1, -0.05) is 44.2 Å². The minimum absolute atomic E-state index is 0.408. The number of nitrogens with zero attached hydrogens (tertiary/aromatic N) is 3.